The zero-order chi connectivity index (χ0) is 14.5. The lowest BCUT2D eigenvalue weighted by Crippen LogP contribution is -2.18. The Hall–Kier alpha value is -1.28. The number of para-hydroxylation sites is 1. The number of hydrogen-bond acceptors (Lipinski definition) is 1. The van der Waals surface area contributed by atoms with Crippen molar-refractivity contribution in [1.29, 1.82) is 0 Å². The van der Waals surface area contributed by atoms with E-state index in [0.717, 1.165) is 25.6 Å². The second-order valence-electron chi connectivity index (χ2n) is 6.57. The number of fused-ring (bicyclic) bond motifs is 1. The van der Waals surface area contributed by atoms with E-state index in [1.165, 1.54) is 22.9 Å². The molecule has 2 nitrogen and oxygen atoms in total. The molecule has 0 aliphatic rings. The number of nitrogens with one attached hydrogen (secondary N) is 1. The predicted octanol–water partition coefficient (Wildman–Crippen LogP) is 4.43. The summed E-state index contributed by atoms with van der Waals surface area (Å²) in [5, 5.41) is 4.95. The van der Waals surface area contributed by atoms with Gasteiger partial charge in [0.25, 0.3) is 0 Å². The summed E-state index contributed by atoms with van der Waals surface area (Å²) in [7, 11) is 0. The van der Waals surface area contributed by atoms with Crippen molar-refractivity contribution in [2.24, 2.45) is 11.8 Å². The van der Waals surface area contributed by atoms with Gasteiger partial charge in [0.15, 0.2) is 0 Å². The van der Waals surface area contributed by atoms with E-state index < -0.39 is 0 Å². The first-order valence-electron chi connectivity index (χ1n) is 7.85. The fourth-order valence-electron chi connectivity index (χ4n) is 2.54. The lowest BCUT2D eigenvalue weighted by atomic mass is 10.1. The minimum Gasteiger partial charge on any atom is -0.347 e. The molecule has 0 amide bonds. The third kappa shape index (κ3) is 3.86. The molecule has 1 heterocycles. The summed E-state index contributed by atoms with van der Waals surface area (Å²) in [6, 6.07) is 8.76. The molecule has 0 radical (unpaired) electrons. The highest BCUT2D eigenvalue weighted by Gasteiger charge is 2.08. The van der Waals surface area contributed by atoms with Gasteiger partial charge in [-0.25, -0.2) is 0 Å². The van der Waals surface area contributed by atoms with Crippen LogP contribution >= 0.6 is 0 Å². The average Bonchev–Trinajstić information content (AvgIpc) is 2.75. The molecule has 0 spiro atoms. The topological polar surface area (TPSA) is 17.0 Å². The van der Waals surface area contributed by atoms with E-state index >= 15 is 0 Å². The van der Waals surface area contributed by atoms with Gasteiger partial charge in [0, 0.05) is 30.2 Å². The standard InChI is InChI=1S/C18H28N2/c1-14(2)9-10-20-13-16(12-19-11-15(3)4)17-7-5-6-8-18(17)20/h5-8,13-15,19H,9-12H2,1-4H3. The Morgan fingerprint density at radius 3 is 2.50 bits per heavy atom. The van der Waals surface area contributed by atoms with E-state index in [0.29, 0.717) is 5.92 Å². The second-order valence-corrected chi connectivity index (χ2v) is 6.57. The van der Waals surface area contributed by atoms with Gasteiger partial charge in [-0.1, -0.05) is 45.9 Å². The summed E-state index contributed by atoms with van der Waals surface area (Å²) >= 11 is 0. The molecule has 0 bridgehead atoms. The third-order valence-electron chi connectivity index (χ3n) is 3.69. The van der Waals surface area contributed by atoms with Gasteiger partial charge in [-0.2, -0.15) is 0 Å². The first-order chi connectivity index (χ1) is 9.58. The molecule has 0 unspecified atom stereocenters. The zero-order valence-corrected chi connectivity index (χ0v) is 13.3. The van der Waals surface area contributed by atoms with E-state index in [2.05, 4.69) is 68.0 Å². The first kappa shape index (κ1) is 15.1. The van der Waals surface area contributed by atoms with Crippen molar-refractivity contribution in [3.8, 4) is 0 Å². The van der Waals surface area contributed by atoms with Crippen LogP contribution in [0.5, 0.6) is 0 Å². The summed E-state index contributed by atoms with van der Waals surface area (Å²) in [4.78, 5) is 0. The van der Waals surface area contributed by atoms with Gasteiger partial charge in [-0.05, 0) is 36.4 Å². The lowest BCUT2D eigenvalue weighted by molar-refractivity contribution is 0.522. The van der Waals surface area contributed by atoms with E-state index in [-0.39, 0.29) is 0 Å². The fourth-order valence-corrected chi connectivity index (χ4v) is 2.54. The van der Waals surface area contributed by atoms with Crippen molar-refractivity contribution in [2.45, 2.75) is 47.2 Å². The van der Waals surface area contributed by atoms with Crippen LogP contribution in [0.1, 0.15) is 39.7 Å². The van der Waals surface area contributed by atoms with Crippen molar-refractivity contribution in [3.63, 3.8) is 0 Å². The van der Waals surface area contributed by atoms with Gasteiger partial charge in [0.05, 0.1) is 0 Å². The second kappa shape index (κ2) is 6.94. The van der Waals surface area contributed by atoms with Crippen LogP contribution < -0.4 is 5.32 Å². The Morgan fingerprint density at radius 2 is 1.80 bits per heavy atom. The predicted molar refractivity (Wildman–Crippen MR) is 87.9 cm³/mol. The molecule has 2 aromatic rings. The molecule has 0 fully saturated rings. The van der Waals surface area contributed by atoms with Crippen LogP contribution in [0.25, 0.3) is 10.9 Å². The molecule has 110 valence electrons. The van der Waals surface area contributed by atoms with Crippen LogP contribution in [0.3, 0.4) is 0 Å². The number of benzene rings is 1. The van der Waals surface area contributed by atoms with Crippen LogP contribution in [-0.2, 0) is 13.1 Å². The monoisotopic (exact) mass is 272 g/mol. The normalized spacial score (nSPS) is 11.9. The number of rotatable bonds is 7. The SMILES string of the molecule is CC(C)CCn1cc(CNCC(C)C)c2ccccc21. The number of aryl methyl sites for hydroxylation is 1. The quantitative estimate of drug-likeness (QED) is 0.789. The van der Waals surface area contributed by atoms with Crippen LogP contribution in [-0.4, -0.2) is 11.1 Å². The summed E-state index contributed by atoms with van der Waals surface area (Å²) in [5.74, 6) is 1.45. The van der Waals surface area contributed by atoms with Crippen molar-refractivity contribution in [2.75, 3.05) is 6.54 Å². The molecule has 2 rings (SSSR count). The van der Waals surface area contributed by atoms with Gasteiger partial charge in [0.1, 0.15) is 0 Å². The molecule has 0 aliphatic heterocycles. The maximum absolute atomic E-state index is 3.56. The van der Waals surface area contributed by atoms with Crippen molar-refractivity contribution < 1.29 is 0 Å². The summed E-state index contributed by atoms with van der Waals surface area (Å²) in [6.45, 7) is 12.2. The molecule has 0 saturated heterocycles. The van der Waals surface area contributed by atoms with Gasteiger partial charge < -0.3 is 9.88 Å². The molecule has 2 heteroatoms. The highest BCUT2D eigenvalue weighted by molar-refractivity contribution is 5.83. The Kier molecular flexibility index (Phi) is 5.24. The van der Waals surface area contributed by atoms with Gasteiger partial charge >= 0.3 is 0 Å². The van der Waals surface area contributed by atoms with E-state index in [4.69, 9.17) is 0 Å². The van der Waals surface area contributed by atoms with E-state index in [1.807, 2.05) is 0 Å². The fraction of sp³-hybridized carbons (Fsp3) is 0.556. The van der Waals surface area contributed by atoms with Crippen LogP contribution in [0.15, 0.2) is 30.5 Å². The third-order valence-corrected chi connectivity index (χ3v) is 3.69. The molecular weight excluding hydrogens is 244 g/mol. The van der Waals surface area contributed by atoms with Crippen molar-refractivity contribution >= 4 is 10.9 Å². The molecule has 0 saturated carbocycles. The maximum Gasteiger partial charge on any atom is 0.0483 e. The minimum atomic E-state index is 0.698. The van der Waals surface area contributed by atoms with Crippen LogP contribution in [0.4, 0.5) is 0 Å². The lowest BCUT2D eigenvalue weighted by Gasteiger charge is -2.07. The van der Waals surface area contributed by atoms with Gasteiger partial charge in [-0.15, -0.1) is 0 Å². The zero-order valence-electron chi connectivity index (χ0n) is 13.3. The van der Waals surface area contributed by atoms with Crippen LogP contribution in [0, 0.1) is 11.8 Å². The highest BCUT2D eigenvalue weighted by atomic mass is 15.0. The number of nitrogens with zero attached hydrogens (tertiary/aromatic N) is 1. The molecule has 0 aliphatic carbocycles. The Morgan fingerprint density at radius 1 is 1.05 bits per heavy atom. The van der Waals surface area contributed by atoms with Crippen molar-refractivity contribution in [3.05, 3.63) is 36.0 Å². The minimum absolute atomic E-state index is 0.698. The van der Waals surface area contributed by atoms with Gasteiger partial charge in [0.2, 0.25) is 0 Å². The summed E-state index contributed by atoms with van der Waals surface area (Å²) in [5.41, 5.74) is 2.79. The first-order valence-corrected chi connectivity index (χ1v) is 7.85. The highest BCUT2D eigenvalue weighted by Crippen LogP contribution is 2.22. The molecule has 1 N–H and O–H groups in total. The largest absolute Gasteiger partial charge is 0.347 e. The summed E-state index contributed by atoms with van der Waals surface area (Å²) in [6.07, 6.45) is 3.57. The molecule has 1 aromatic carbocycles. The van der Waals surface area contributed by atoms with E-state index in [1.54, 1.807) is 0 Å². The number of hydrogen-bond donors (Lipinski definition) is 1. The van der Waals surface area contributed by atoms with E-state index in [9.17, 15) is 0 Å². The molecule has 1 aromatic heterocycles. The molecule has 0 atom stereocenters. The summed E-state index contributed by atoms with van der Waals surface area (Å²) < 4.78 is 2.42. The Labute approximate surface area is 123 Å². The smallest absolute Gasteiger partial charge is 0.0483 e. The van der Waals surface area contributed by atoms with Crippen molar-refractivity contribution in [1.82, 2.24) is 9.88 Å². The number of aromatic nitrogens is 1. The molecule has 20 heavy (non-hydrogen) atoms. The maximum atomic E-state index is 3.56. The average molecular weight is 272 g/mol. The van der Waals surface area contributed by atoms with Crippen LogP contribution in [0.2, 0.25) is 0 Å². The van der Waals surface area contributed by atoms with Gasteiger partial charge in [-0.3, -0.25) is 0 Å². The Bertz CT molecular complexity index is 537. The molecular formula is C18H28N2. The Balaban J connectivity index is 2.17.